The predicted molar refractivity (Wildman–Crippen MR) is 77.5 cm³/mol. The highest BCUT2D eigenvalue weighted by Crippen LogP contribution is 2.37. The van der Waals surface area contributed by atoms with Crippen LogP contribution in [0.5, 0.6) is 0 Å². The van der Waals surface area contributed by atoms with Crippen molar-refractivity contribution in [1.29, 1.82) is 0 Å². The first kappa shape index (κ1) is 14.0. The number of ether oxygens (including phenoxy) is 2. The number of hydrogen-bond acceptors (Lipinski definition) is 4. The first-order valence-corrected chi connectivity index (χ1v) is 7.64. The summed E-state index contributed by atoms with van der Waals surface area (Å²) in [5.41, 5.74) is 1.36. The fourth-order valence-electron chi connectivity index (χ4n) is 3.31. The van der Waals surface area contributed by atoms with E-state index in [1.807, 2.05) is 12.4 Å². The molecule has 1 aliphatic carbocycles. The Hall–Kier alpha value is -0.970. The summed E-state index contributed by atoms with van der Waals surface area (Å²) < 4.78 is 11.6. The zero-order valence-corrected chi connectivity index (χ0v) is 12.3. The van der Waals surface area contributed by atoms with Crippen molar-refractivity contribution >= 4 is 0 Å². The lowest BCUT2D eigenvalue weighted by Crippen LogP contribution is -2.43. The fourth-order valence-corrected chi connectivity index (χ4v) is 3.31. The molecule has 1 saturated heterocycles. The largest absolute Gasteiger partial charge is 0.348 e. The van der Waals surface area contributed by atoms with Crippen molar-refractivity contribution < 1.29 is 9.47 Å². The Balaban J connectivity index is 1.45. The van der Waals surface area contributed by atoms with Crippen LogP contribution in [0.25, 0.3) is 0 Å². The van der Waals surface area contributed by atoms with Gasteiger partial charge in [0.15, 0.2) is 5.79 Å². The Morgan fingerprint density at radius 3 is 2.50 bits per heavy atom. The highest BCUT2D eigenvalue weighted by molar-refractivity contribution is 5.09. The molecule has 1 spiro atoms. The van der Waals surface area contributed by atoms with Crippen molar-refractivity contribution in [3.8, 4) is 0 Å². The van der Waals surface area contributed by atoms with Gasteiger partial charge in [0.05, 0.1) is 13.2 Å². The quantitative estimate of drug-likeness (QED) is 0.845. The van der Waals surface area contributed by atoms with E-state index in [1.54, 1.807) is 0 Å². The number of hydrogen-bond donors (Lipinski definition) is 0. The van der Waals surface area contributed by atoms with Gasteiger partial charge in [0.1, 0.15) is 0 Å². The Labute approximate surface area is 121 Å². The van der Waals surface area contributed by atoms with Crippen molar-refractivity contribution in [1.82, 2.24) is 9.88 Å². The molecule has 0 N–H and O–H groups in total. The summed E-state index contributed by atoms with van der Waals surface area (Å²) in [7, 11) is 2.24. The Morgan fingerprint density at radius 1 is 1.20 bits per heavy atom. The molecule has 2 heterocycles. The van der Waals surface area contributed by atoms with Crippen LogP contribution in [0.1, 0.15) is 31.2 Å². The number of pyridine rings is 1. The zero-order chi connectivity index (χ0) is 13.8. The minimum Gasteiger partial charge on any atom is -0.348 e. The second kappa shape index (κ2) is 6.20. The van der Waals surface area contributed by atoms with Gasteiger partial charge in [-0.2, -0.15) is 0 Å². The van der Waals surface area contributed by atoms with Crippen LogP contribution < -0.4 is 0 Å². The highest BCUT2D eigenvalue weighted by atomic mass is 16.7. The molecule has 1 aromatic heterocycles. The zero-order valence-electron chi connectivity index (χ0n) is 12.3. The maximum Gasteiger partial charge on any atom is 0.168 e. The van der Waals surface area contributed by atoms with Gasteiger partial charge in [-0.25, -0.2) is 0 Å². The van der Waals surface area contributed by atoms with Gasteiger partial charge in [-0.3, -0.25) is 4.98 Å². The first-order chi connectivity index (χ1) is 9.77. The molecule has 20 heavy (non-hydrogen) atoms. The van der Waals surface area contributed by atoms with E-state index < -0.39 is 0 Å². The predicted octanol–water partition coefficient (Wildman–Crippen LogP) is 2.24. The topological polar surface area (TPSA) is 34.6 Å². The molecule has 4 nitrogen and oxygen atoms in total. The lowest BCUT2D eigenvalue weighted by molar-refractivity contribution is -0.183. The van der Waals surface area contributed by atoms with Crippen LogP contribution in [0.3, 0.4) is 0 Å². The lowest BCUT2D eigenvalue weighted by Gasteiger charge is -2.39. The third-order valence-electron chi connectivity index (χ3n) is 4.66. The van der Waals surface area contributed by atoms with Gasteiger partial charge < -0.3 is 14.4 Å². The Bertz CT molecular complexity index is 408. The molecule has 110 valence electrons. The standard InChI is InChI=1S/C16H24N2O2/c1-18(11-6-14-4-9-17-10-5-14)15-2-7-16(8-3-15)19-12-13-20-16/h4-5,9-10,15H,2-3,6-8,11-13H2,1H3. The van der Waals surface area contributed by atoms with E-state index in [0.717, 1.165) is 39.0 Å². The normalized spacial score (nSPS) is 22.7. The molecule has 1 aliphatic heterocycles. The molecule has 0 aromatic carbocycles. The third-order valence-corrected chi connectivity index (χ3v) is 4.66. The van der Waals surface area contributed by atoms with E-state index in [4.69, 9.17) is 9.47 Å². The average molecular weight is 276 g/mol. The van der Waals surface area contributed by atoms with Gasteiger partial charge in [0, 0.05) is 37.8 Å². The van der Waals surface area contributed by atoms with Crippen LogP contribution in [0.2, 0.25) is 0 Å². The van der Waals surface area contributed by atoms with E-state index in [1.165, 1.54) is 18.4 Å². The molecule has 4 heteroatoms. The van der Waals surface area contributed by atoms with E-state index in [0.29, 0.717) is 6.04 Å². The molecule has 2 aliphatic rings. The van der Waals surface area contributed by atoms with Crippen molar-refractivity contribution in [3.63, 3.8) is 0 Å². The molecule has 0 atom stereocenters. The fraction of sp³-hybridized carbons (Fsp3) is 0.688. The summed E-state index contributed by atoms with van der Waals surface area (Å²) in [4.78, 5) is 6.55. The monoisotopic (exact) mass is 276 g/mol. The molecule has 0 unspecified atom stereocenters. The van der Waals surface area contributed by atoms with Crippen molar-refractivity contribution in [2.75, 3.05) is 26.8 Å². The van der Waals surface area contributed by atoms with Crippen LogP contribution in [0.15, 0.2) is 24.5 Å². The van der Waals surface area contributed by atoms with Gasteiger partial charge in [0.2, 0.25) is 0 Å². The summed E-state index contributed by atoms with van der Waals surface area (Å²) >= 11 is 0. The molecule has 1 aromatic rings. The van der Waals surface area contributed by atoms with Crippen molar-refractivity contribution in [2.24, 2.45) is 0 Å². The van der Waals surface area contributed by atoms with Crippen molar-refractivity contribution in [3.05, 3.63) is 30.1 Å². The Morgan fingerprint density at radius 2 is 1.85 bits per heavy atom. The summed E-state index contributed by atoms with van der Waals surface area (Å²) in [5.74, 6) is -0.234. The van der Waals surface area contributed by atoms with Crippen LogP contribution >= 0.6 is 0 Å². The van der Waals surface area contributed by atoms with E-state index >= 15 is 0 Å². The first-order valence-electron chi connectivity index (χ1n) is 7.64. The molecular weight excluding hydrogens is 252 g/mol. The maximum atomic E-state index is 5.79. The van der Waals surface area contributed by atoms with Gasteiger partial charge in [-0.05, 0) is 44.0 Å². The summed E-state index contributed by atoms with van der Waals surface area (Å²) in [6.45, 7) is 2.63. The van der Waals surface area contributed by atoms with Crippen LogP contribution in [-0.4, -0.2) is 48.5 Å². The summed E-state index contributed by atoms with van der Waals surface area (Å²) in [6, 6.07) is 4.86. The third kappa shape index (κ3) is 3.19. The second-order valence-corrected chi connectivity index (χ2v) is 5.92. The van der Waals surface area contributed by atoms with E-state index in [-0.39, 0.29) is 5.79 Å². The van der Waals surface area contributed by atoms with Crippen LogP contribution in [0.4, 0.5) is 0 Å². The van der Waals surface area contributed by atoms with Gasteiger partial charge in [0.25, 0.3) is 0 Å². The highest BCUT2D eigenvalue weighted by Gasteiger charge is 2.40. The molecule has 0 radical (unpaired) electrons. The lowest BCUT2D eigenvalue weighted by atomic mass is 9.89. The van der Waals surface area contributed by atoms with Gasteiger partial charge in [-0.1, -0.05) is 0 Å². The minimum absolute atomic E-state index is 0.234. The number of likely N-dealkylation sites (N-methyl/N-ethyl adjacent to an activating group) is 1. The summed E-state index contributed by atoms with van der Waals surface area (Å²) in [5, 5.41) is 0. The van der Waals surface area contributed by atoms with Crippen LogP contribution in [-0.2, 0) is 15.9 Å². The molecule has 0 amide bonds. The minimum atomic E-state index is -0.234. The molecule has 2 fully saturated rings. The van der Waals surface area contributed by atoms with Crippen LogP contribution in [0, 0.1) is 0 Å². The smallest absolute Gasteiger partial charge is 0.168 e. The molecule has 0 bridgehead atoms. The number of nitrogens with zero attached hydrogens (tertiary/aromatic N) is 2. The molecule has 1 saturated carbocycles. The SMILES string of the molecule is CN(CCc1ccncc1)C1CCC2(CC1)OCCO2. The maximum absolute atomic E-state index is 5.79. The van der Waals surface area contributed by atoms with E-state index in [2.05, 4.69) is 29.1 Å². The Kier molecular flexibility index (Phi) is 4.34. The van der Waals surface area contributed by atoms with Gasteiger partial charge >= 0.3 is 0 Å². The van der Waals surface area contributed by atoms with Gasteiger partial charge in [-0.15, -0.1) is 0 Å². The van der Waals surface area contributed by atoms with Crippen molar-refractivity contribution in [2.45, 2.75) is 43.9 Å². The molecular formula is C16H24N2O2. The molecule has 3 rings (SSSR count). The summed E-state index contributed by atoms with van der Waals surface area (Å²) in [6.07, 6.45) is 9.25. The second-order valence-electron chi connectivity index (χ2n) is 5.92. The average Bonchev–Trinajstić information content (AvgIpc) is 2.95. The number of rotatable bonds is 4. The van der Waals surface area contributed by atoms with E-state index in [9.17, 15) is 0 Å². The number of aromatic nitrogens is 1.